The molecule has 0 N–H and O–H groups in total. The molecule has 4 heteroatoms. The summed E-state index contributed by atoms with van der Waals surface area (Å²) < 4.78 is 9.82. The molecule has 0 aromatic carbocycles. The summed E-state index contributed by atoms with van der Waals surface area (Å²) in [4.78, 5) is 6.27. The van der Waals surface area contributed by atoms with Crippen LogP contribution in [0.1, 0.15) is 12.8 Å². The van der Waals surface area contributed by atoms with Gasteiger partial charge in [0.25, 0.3) is 6.41 Å². The molecule has 0 spiro atoms. The van der Waals surface area contributed by atoms with Gasteiger partial charge in [0.1, 0.15) is 0 Å². The highest BCUT2D eigenvalue weighted by atomic mass is 16.7. The molecule has 0 aromatic rings. The van der Waals surface area contributed by atoms with Crippen LogP contribution in [0, 0.1) is 0 Å². The molecule has 70 valence electrons. The molecule has 0 radical (unpaired) electrons. The van der Waals surface area contributed by atoms with Crippen LogP contribution in [-0.2, 0) is 9.47 Å². The molecule has 4 nitrogen and oxygen atoms in total. The van der Waals surface area contributed by atoms with Gasteiger partial charge in [-0.1, -0.05) is 0 Å². The van der Waals surface area contributed by atoms with E-state index in [0.29, 0.717) is 0 Å². The maximum absolute atomic E-state index is 4.91. The number of rotatable bonds is 4. The molecule has 0 amide bonds. The highest BCUT2D eigenvalue weighted by Gasteiger charge is 2.08. The highest BCUT2D eigenvalue weighted by molar-refractivity contribution is 5.55. The van der Waals surface area contributed by atoms with Gasteiger partial charge in [-0.25, -0.2) is 4.99 Å². The zero-order chi connectivity index (χ0) is 8.81. The van der Waals surface area contributed by atoms with E-state index in [1.807, 2.05) is 6.34 Å². The van der Waals surface area contributed by atoms with Gasteiger partial charge in [-0.2, -0.15) is 0 Å². The zero-order valence-electron chi connectivity index (χ0n) is 7.69. The topological polar surface area (TPSA) is 34.1 Å². The number of hydrogen-bond donors (Lipinski definition) is 0. The Labute approximate surface area is 73.2 Å². The molecule has 0 bridgehead atoms. The Morgan fingerprint density at radius 2 is 1.83 bits per heavy atom. The van der Waals surface area contributed by atoms with Gasteiger partial charge in [0, 0.05) is 27.3 Å². The SMILES string of the molecule is COC(/N=C/N1CCCC1)OC. The van der Waals surface area contributed by atoms with Crippen molar-refractivity contribution < 1.29 is 9.47 Å². The van der Waals surface area contributed by atoms with Gasteiger partial charge < -0.3 is 14.4 Å². The average molecular weight is 172 g/mol. The molecule has 0 unspecified atom stereocenters. The van der Waals surface area contributed by atoms with Crippen LogP contribution in [0.25, 0.3) is 0 Å². The van der Waals surface area contributed by atoms with Gasteiger partial charge in [0.2, 0.25) is 0 Å². The Morgan fingerprint density at radius 1 is 1.25 bits per heavy atom. The smallest absolute Gasteiger partial charge is 0.259 e. The first kappa shape index (κ1) is 9.48. The van der Waals surface area contributed by atoms with E-state index in [0.717, 1.165) is 13.1 Å². The van der Waals surface area contributed by atoms with Crippen LogP contribution in [-0.4, -0.2) is 45.0 Å². The van der Waals surface area contributed by atoms with E-state index < -0.39 is 6.41 Å². The fourth-order valence-electron chi connectivity index (χ4n) is 1.22. The summed E-state index contributed by atoms with van der Waals surface area (Å²) in [5.74, 6) is 0. The van der Waals surface area contributed by atoms with E-state index in [-0.39, 0.29) is 0 Å². The van der Waals surface area contributed by atoms with Gasteiger partial charge in [-0.05, 0) is 12.8 Å². The maximum atomic E-state index is 4.91. The number of aliphatic imine (C=N–C) groups is 1. The molecule has 0 aromatic heterocycles. The van der Waals surface area contributed by atoms with E-state index >= 15 is 0 Å². The predicted molar refractivity (Wildman–Crippen MR) is 47.1 cm³/mol. The molecule has 1 heterocycles. The van der Waals surface area contributed by atoms with Gasteiger partial charge >= 0.3 is 0 Å². The first-order chi connectivity index (χ1) is 5.86. The number of methoxy groups -OCH3 is 2. The lowest BCUT2D eigenvalue weighted by atomic mass is 10.4. The third-order valence-corrected chi connectivity index (χ3v) is 1.90. The maximum Gasteiger partial charge on any atom is 0.259 e. The minimum atomic E-state index is -0.453. The Morgan fingerprint density at radius 3 is 2.33 bits per heavy atom. The fraction of sp³-hybridized carbons (Fsp3) is 0.875. The van der Waals surface area contributed by atoms with Crippen molar-refractivity contribution in [3.63, 3.8) is 0 Å². The molecule has 1 aliphatic rings. The van der Waals surface area contributed by atoms with E-state index in [2.05, 4.69) is 9.89 Å². The van der Waals surface area contributed by atoms with Crippen molar-refractivity contribution in [2.45, 2.75) is 19.3 Å². The van der Waals surface area contributed by atoms with E-state index in [4.69, 9.17) is 9.47 Å². The third kappa shape index (κ3) is 2.79. The lowest BCUT2D eigenvalue weighted by Gasteiger charge is -2.12. The van der Waals surface area contributed by atoms with Crippen LogP contribution in [0.15, 0.2) is 4.99 Å². The molecule has 0 aliphatic carbocycles. The van der Waals surface area contributed by atoms with E-state index in [1.54, 1.807) is 14.2 Å². The summed E-state index contributed by atoms with van der Waals surface area (Å²) in [6, 6.07) is 0. The minimum Gasteiger partial charge on any atom is -0.363 e. The summed E-state index contributed by atoms with van der Waals surface area (Å²) in [5.41, 5.74) is 0. The van der Waals surface area contributed by atoms with Crippen LogP contribution in [0.5, 0.6) is 0 Å². The summed E-state index contributed by atoms with van der Waals surface area (Å²) in [7, 11) is 3.16. The largest absolute Gasteiger partial charge is 0.363 e. The molecule has 12 heavy (non-hydrogen) atoms. The van der Waals surface area contributed by atoms with Crippen LogP contribution in [0.2, 0.25) is 0 Å². The monoisotopic (exact) mass is 172 g/mol. The van der Waals surface area contributed by atoms with Crippen molar-refractivity contribution >= 4 is 6.34 Å². The second-order valence-electron chi connectivity index (χ2n) is 2.79. The molecular formula is C8H16N2O2. The van der Waals surface area contributed by atoms with Crippen molar-refractivity contribution in [2.75, 3.05) is 27.3 Å². The van der Waals surface area contributed by atoms with Crippen LogP contribution < -0.4 is 0 Å². The predicted octanol–water partition coefficient (Wildman–Crippen LogP) is 0.687. The average Bonchev–Trinajstić information content (AvgIpc) is 2.59. The van der Waals surface area contributed by atoms with Crippen molar-refractivity contribution in [1.82, 2.24) is 4.90 Å². The third-order valence-electron chi connectivity index (χ3n) is 1.90. The summed E-state index contributed by atoms with van der Waals surface area (Å²) in [6.45, 7) is 2.20. The first-order valence-corrected chi connectivity index (χ1v) is 4.19. The van der Waals surface area contributed by atoms with Gasteiger partial charge in [0.15, 0.2) is 0 Å². The van der Waals surface area contributed by atoms with E-state index in [9.17, 15) is 0 Å². The van der Waals surface area contributed by atoms with Gasteiger partial charge in [0.05, 0.1) is 6.34 Å². The number of likely N-dealkylation sites (tertiary alicyclic amines) is 1. The number of ether oxygens (including phenoxy) is 2. The van der Waals surface area contributed by atoms with Crippen molar-refractivity contribution in [1.29, 1.82) is 0 Å². The second kappa shape index (κ2) is 5.11. The number of hydrogen-bond acceptors (Lipinski definition) is 3. The first-order valence-electron chi connectivity index (χ1n) is 4.19. The quantitative estimate of drug-likeness (QED) is 0.355. The van der Waals surface area contributed by atoms with Crippen LogP contribution in [0.3, 0.4) is 0 Å². The van der Waals surface area contributed by atoms with Crippen molar-refractivity contribution in [2.24, 2.45) is 4.99 Å². The molecule has 1 rings (SSSR count). The van der Waals surface area contributed by atoms with Crippen molar-refractivity contribution in [3.8, 4) is 0 Å². The molecule has 1 fully saturated rings. The Kier molecular flexibility index (Phi) is 4.04. The van der Waals surface area contributed by atoms with Gasteiger partial charge in [-0.3, -0.25) is 0 Å². The van der Waals surface area contributed by atoms with Gasteiger partial charge in [-0.15, -0.1) is 0 Å². The zero-order valence-corrected chi connectivity index (χ0v) is 7.69. The summed E-state index contributed by atoms with van der Waals surface area (Å²) >= 11 is 0. The normalized spacial score (nSPS) is 18.4. The Hall–Kier alpha value is -0.610. The lowest BCUT2D eigenvalue weighted by molar-refractivity contribution is -0.0947. The molecule has 1 aliphatic heterocycles. The Bertz CT molecular complexity index is 136. The number of nitrogens with zero attached hydrogens (tertiary/aromatic N) is 2. The van der Waals surface area contributed by atoms with Crippen molar-refractivity contribution in [3.05, 3.63) is 0 Å². The van der Waals surface area contributed by atoms with E-state index in [1.165, 1.54) is 12.8 Å². The summed E-state index contributed by atoms with van der Waals surface area (Å²) in [6.07, 6.45) is 3.88. The fourth-order valence-corrected chi connectivity index (χ4v) is 1.22. The molecule has 0 saturated carbocycles. The minimum absolute atomic E-state index is 0.453. The summed E-state index contributed by atoms with van der Waals surface area (Å²) in [5, 5.41) is 0. The molecule has 0 atom stereocenters. The van der Waals surface area contributed by atoms with Crippen LogP contribution in [0.4, 0.5) is 0 Å². The second-order valence-corrected chi connectivity index (χ2v) is 2.79. The Balaban J connectivity index is 2.26. The standard InChI is InChI=1S/C8H16N2O2/c1-11-8(12-2)9-7-10-5-3-4-6-10/h7-8H,3-6H2,1-2H3/b9-7+. The van der Waals surface area contributed by atoms with Crippen LogP contribution >= 0.6 is 0 Å². The highest BCUT2D eigenvalue weighted by Crippen LogP contribution is 2.04. The lowest BCUT2D eigenvalue weighted by Crippen LogP contribution is -2.19. The molecular weight excluding hydrogens is 156 g/mol. The molecule has 1 saturated heterocycles.